The second-order valence-electron chi connectivity index (χ2n) is 6.07. The second kappa shape index (κ2) is 9.18. The van der Waals surface area contributed by atoms with Gasteiger partial charge in [-0.15, -0.1) is 0 Å². The molecular weight excluding hydrogens is 228 g/mol. The highest BCUT2D eigenvalue weighted by Gasteiger charge is 2.20. The summed E-state index contributed by atoms with van der Waals surface area (Å²) in [6.45, 7) is 21.7. The first kappa shape index (κ1) is 20.5. The fourth-order valence-electron chi connectivity index (χ4n) is 1.61. The molecule has 0 radical (unpaired) electrons. The van der Waals surface area contributed by atoms with E-state index in [-0.39, 0.29) is 5.41 Å². The van der Waals surface area contributed by atoms with Gasteiger partial charge < -0.3 is 0 Å². The third-order valence-electron chi connectivity index (χ3n) is 3.39. The smallest absolute Gasteiger partial charge is 0.0106 e. The van der Waals surface area contributed by atoms with E-state index >= 15 is 0 Å². The molecule has 0 heteroatoms. The molecule has 0 aromatic heterocycles. The van der Waals surface area contributed by atoms with Crippen LogP contribution < -0.4 is 0 Å². The molecule has 1 rings (SSSR count). The van der Waals surface area contributed by atoms with E-state index in [0.717, 1.165) is 0 Å². The quantitative estimate of drug-likeness (QED) is 0.556. The van der Waals surface area contributed by atoms with E-state index in [0.29, 0.717) is 5.41 Å². The van der Waals surface area contributed by atoms with Gasteiger partial charge in [0, 0.05) is 0 Å². The SMILES string of the molecule is CC.CC.CCC(C)(C)c1cccc(C(C)(C)C)c1. The van der Waals surface area contributed by atoms with Gasteiger partial charge in [0.2, 0.25) is 0 Å². The third-order valence-corrected chi connectivity index (χ3v) is 3.39. The highest BCUT2D eigenvalue weighted by Crippen LogP contribution is 2.30. The molecule has 0 fully saturated rings. The predicted octanol–water partition coefficient (Wildman–Crippen LogP) is 6.72. The van der Waals surface area contributed by atoms with E-state index < -0.39 is 0 Å². The topological polar surface area (TPSA) is 0 Å². The van der Waals surface area contributed by atoms with E-state index in [1.54, 1.807) is 0 Å². The Labute approximate surface area is 122 Å². The molecule has 0 amide bonds. The maximum Gasteiger partial charge on any atom is -0.0106 e. The van der Waals surface area contributed by atoms with Crippen LogP contribution in [-0.4, -0.2) is 0 Å². The van der Waals surface area contributed by atoms with Crippen LogP contribution in [0.15, 0.2) is 24.3 Å². The van der Waals surface area contributed by atoms with Crippen molar-refractivity contribution in [1.29, 1.82) is 0 Å². The van der Waals surface area contributed by atoms with Gasteiger partial charge in [0.05, 0.1) is 0 Å². The van der Waals surface area contributed by atoms with Crippen LogP contribution in [0, 0.1) is 0 Å². The number of benzene rings is 1. The average Bonchev–Trinajstić information content (AvgIpc) is 2.42. The first-order valence-electron chi connectivity index (χ1n) is 7.88. The molecule has 112 valence electrons. The van der Waals surface area contributed by atoms with Crippen molar-refractivity contribution in [2.75, 3.05) is 0 Å². The Morgan fingerprint density at radius 1 is 0.789 bits per heavy atom. The summed E-state index contributed by atoms with van der Waals surface area (Å²) in [7, 11) is 0. The lowest BCUT2D eigenvalue weighted by molar-refractivity contribution is 0.502. The van der Waals surface area contributed by atoms with Crippen molar-refractivity contribution in [3.8, 4) is 0 Å². The van der Waals surface area contributed by atoms with E-state index in [2.05, 4.69) is 65.8 Å². The second-order valence-corrected chi connectivity index (χ2v) is 6.07. The summed E-state index contributed by atoms with van der Waals surface area (Å²) in [5.41, 5.74) is 3.43. The zero-order chi connectivity index (χ0) is 15.7. The summed E-state index contributed by atoms with van der Waals surface area (Å²) in [5.74, 6) is 0. The lowest BCUT2D eigenvalue weighted by Crippen LogP contribution is -2.18. The van der Waals surface area contributed by atoms with Crippen LogP contribution >= 0.6 is 0 Å². The molecule has 0 heterocycles. The number of hydrogen-bond donors (Lipinski definition) is 0. The van der Waals surface area contributed by atoms with Gasteiger partial charge in [-0.1, -0.05) is 93.5 Å². The molecule has 1 aromatic carbocycles. The molecule has 0 aliphatic heterocycles. The zero-order valence-electron chi connectivity index (χ0n) is 15.0. The van der Waals surface area contributed by atoms with Gasteiger partial charge in [0.15, 0.2) is 0 Å². The largest absolute Gasteiger partial charge is 0.0683 e. The first-order chi connectivity index (χ1) is 8.77. The summed E-state index contributed by atoms with van der Waals surface area (Å²) in [4.78, 5) is 0. The Hall–Kier alpha value is -0.780. The Morgan fingerprint density at radius 2 is 1.21 bits per heavy atom. The molecule has 0 unspecified atom stereocenters. The van der Waals surface area contributed by atoms with Crippen molar-refractivity contribution in [2.45, 2.75) is 86.5 Å². The van der Waals surface area contributed by atoms with Crippen LogP contribution in [0.5, 0.6) is 0 Å². The highest BCUT2D eigenvalue weighted by atomic mass is 14.3. The van der Waals surface area contributed by atoms with Crippen molar-refractivity contribution < 1.29 is 0 Å². The first-order valence-corrected chi connectivity index (χ1v) is 7.88. The van der Waals surface area contributed by atoms with E-state index in [1.807, 2.05) is 27.7 Å². The fourth-order valence-corrected chi connectivity index (χ4v) is 1.61. The molecule has 0 bridgehead atoms. The Balaban J connectivity index is 0. The molecule has 0 aliphatic rings. The average molecular weight is 264 g/mol. The standard InChI is InChI=1S/C15H24.2C2H6/c1-7-15(5,6)13-10-8-9-12(11-13)14(2,3)4;2*1-2/h8-11H,7H2,1-6H3;2*1-2H3. The van der Waals surface area contributed by atoms with Crippen LogP contribution in [0.3, 0.4) is 0 Å². The minimum Gasteiger partial charge on any atom is -0.0683 e. The highest BCUT2D eigenvalue weighted by molar-refractivity contribution is 5.32. The van der Waals surface area contributed by atoms with Crippen molar-refractivity contribution in [1.82, 2.24) is 0 Å². The minimum absolute atomic E-state index is 0.250. The summed E-state index contributed by atoms with van der Waals surface area (Å²) in [6.07, 6.45) is 1.18. The van der Waals surface area contributed by atoms with Crippen molar-refractivity contribution in [3.63, 3.8) is 0 Å². The van der Waals surface area contributed by atoms with Gasteiger partial charge in [-0.2, -0.15) is 0 Å². The van der Waals surface area contributed by atoms with Crippen LogP contribution in [0.2, 0.25) is 0 Å². The van der Waals surface area contributed by atoms with Crippen LogP contribution in [0.4, 0.5) is 0 Å². The van der Waals surface area contributed by atoms with Crippen LogP contribution in [0.25, 0.3) is 0 Å². The number of rotatable bonds is 2. The molecule has 0 aliphatic carbocycles. The molecule has 19 heavy (non-hydrogen) atoms. The lowest BCUT2D eigenvalue weighted by atomic mass is 9.78. The molecule has 1 aromatic rings. The van der Waals surface area contributed by atoms with Crippen molar-refractivity contribution >= 4 is 0 Å². The summed E-state index contributed by atoms with van der Waals surface area (Å²) in [6, 6.07) is 9.03. The van der Waals surface area contributed by atoms with Crippen molar-refractivity contribution in [2.24, 2.45) is 0 Å². The summed E-state index contributed by atoms with van der Waals surface area (Å²) >= 11 is 0. The van der Waals surface area contributed by atoms with E-state index in [1.165, 1.54) is 17.5 Å². The zero-order valence-corrected chi connectivity index (χ0v) is 15.0. The monoisotopic (exact) mass is 264 g/mol. The van der Waals surface area contributed by atoms with Crippen LogP contribution in [-0.2, 0) is 10.8 Å². The molecule has 0 nitrogen and oxygen atoms in total. The molecule has 0 spiro atoms. The van der Waals surface area contributed by atoms with Gasteiger partial charge in [0.1, 0.15) is 0 Å². The fraction of sp³-hybridized carbons (Fsp3) is 0.684. The maximum absolute atomic E-state index is 2.36. The summed E-state index contributed by atoms with van der Waals surface area (Å²) in [5, 5.41) is 0. The Bertz CT molecular complexity index is 326. The maximum atomic E-state index is 2.36. The third kappa shape index (κ3) is 6.80. The molecule has 0 saturated heterocycles. The van der Waals surface area contributed by atoms with Gasteiger partial charge in [-0.3, -0.25) is 0 Å². The van der Waals surface area contributed by atoms with Gasteiger partial charge in [-0.05, 0) is 28.4 Å². The van der Waals surface area contributed by atoms with Gasteiger partial charge in [0.25, 0.3) is 0 Å². The van der Waals surface area contributed by atoms with E-state index in [4.69, 9.17) is 0 Å². The molecular formula is C19H36. The lowest BCUT2D eigenvalue weighted by Gasteiger charge is -2.26. The Morgan fingerprint density at radius 3 is 1.58 bits per heavy atom. The summed E-state index contributed by atoms with van der Waals surface area (Å²) < 4.78 is 0. The molecule has 0 atom stereocenters. The minimum atomic E-state index is 0.250. The van der Waals surface area contributed by atoms with Gasteiger partial charge >= 0.3 is 0 Å². The number of hydrogen-bond acceptors (Lipinski definition) is 0. The van der Waals surface area contributed by atoms with Crippen LogP contribution in [0.1, 0.15) is 86.8 Å². The van der Waals surface area contributed by atoms with Crippen molar-refractivity contribution in [3.05, 3.63) is 35.4 Å². The molecule has 0 N–H and O–H groups in total. The van der Waals surface area contributed by atoms with Gasteiger partial charge in [-0.25, -0.2) is 0 Å². The van der Waals surface area contributed by atoms with E-state index in [9.17, 15) is 0 Å². The molecule has 0 saturated carbocycles. The Kier molecular flexibility index (Phi) is 9.92. The predicted molar refractivity (Wildman–Crippen MR) is 91.2 cm³/mol. The normalized spacial score (nSPS) is 10.8.